The van der Waals surface area contributed by atoms with Crippen LogP contribution in [-0.4, -0.2) is 15.9 Å². The van der Waals surface area contributed by atoms with Crippen LogP contribution in [0.4, 0.5) is 11.5 Å². The predicted octanol–water partition coefficient (Wildman–Crippen LogP) is 2.49. The molecule has 3 aromatic rings. The van der Waals surface area contributed by atoms with Crippen molar-refractivity contribution in [2.75, 3.05) is 5.32 Å². The molecular weight excluding hydrogens is 302 g/mol. The average Bonchev–Trinajstić information content (AvgIpc) is 2.56. The maximum absolute atomic E-state index is 10.6. The summed E-state index contributed by atoms with van der Waals surface area (Å²) in [7, 11) is 0. The maximum atomic E-state index is 10.6. The Kier molecular flexibility index (Phi) is 4.52. The number of anilines is 2. The largest absolute Gasteiger partial charge is 0.550 e. The third kappa shape index (κ3) is 3.95. The molecule has 3 rings (SSSR count). The second-order valence-electron chi connectivity index (χ2n) is 5.42. The number of aryl methyl sites for hydroxylation is 1. The van der Waals surface area contributed by atoms with Crippen molar-refractivity contribution in [1.82, 2.24) is 9.97 Å². The summed E-state index contributed by atoms with van der Waals surface area (Å²) in [4.78, 5) is 19.5. The topological polar surface area (TPSA) is 77.9 Å². The van der Waals surface area contributed by atoms with E-state index in [-0.39, 0.29) is 6.42 Å². The molecule has 5 heteroatoms. The third-order valence-corrected chi connectivity index (χ3v) is 3.48. The molecule has 5 nitrogen and oxygen atoms in total. The molecular formula is C19H16N3O2-. The number of hydrogen-bond donors (Lipinski definition) is 1. The molecule has 0 spiro atoms. The molecule has 0 atom stereocenters. The summed E-state index contributed by atoms with van der Waals surface area (Å²) in [5, 5.41) is 13.8. The van der Waals surface area contributed by atoms with Crippen LogP contribution in [0.2, 0.25) is 0 Å². The smallest absolute Gasteiger partial charge is 0.134 e. The van der Waals surface area contributed by atoms with Gasteiger partial charge in [-0.25, -0.2) is 9.97 Å². The van der Waals surface area contributed by atoms with E-state index in [0.717, 1.165) is 16.9 Å². The zero-order valence-corrected chi connectivity index (χ0v) is 13.2. The second kappa shape index (κ2) is 6.91. The first-order valence-electron chi connectivity index (χ1n) is 7.57. The van der Waals surface area contributed by atoms with Crippen molar-refractivity contribution in [1.29, 1.82) is 0 Å². The molecule has 0 bridgehead atoms. The molecule has 0 amide bonds. The van der Waals surface area contributed by atoms with Gasteiger partial charge in [0, 0.05) is 29.7 Å². The lowest BCUT2D eigenvalue weighted by Crippen LogP contribution is -2.24. The highest BCUT2D eigenvalue weighted by atomic mass is 16.4. The zero-order valence-electron chi connectivity index (χ0n) is 13.2. The van der Waals surface area contributed by atoms with E-state index in [9.17, 15) is 9.90 Å². The molecule has 1 aromatic heterocycles. The number of carbonyl (C=O) groups is 1. The van der Waals surface area contributed by atoms with Gasteiger partial charge in [-0.2, -0.15) is 0 Å². The Morgan fingerprint density at radius 1 is 1.04 bits per heavy atom. The van der Waals surface area contributed by atoms with Crippen molar-refractivity contribution in [2.45, 2.75) is 13.3 Å². The fourth-order valence-electron chi connectivity index (χ4n) is 2.41. The molecule has 0 unspecified atom stereocenters. The predicted molar refractivity (Wildman–Crippen MR) is 90.6 cm³/mol. The van der Waals surface area contributed by atoms with Gasteiger partial charge in [0.1, 0.15) is 11.6 Å². The van der Waals surface area contributed by atoms with Crippen LogP contribution >= 0.6 is 0 Å². The Morgan fingerprint density at radius 3 is 2.42 bits per heavy atom. The molecule has 0 aliphatic heterocycles. The Balaban J connectivity index is 1.82. The van der Waals surface area contributed by atoms with Crippen molar-refractivity contribution in [3.05, 3.63) is 72.1 Å². The summed E-state index contributed by atoms with van der Waals surface area (Å²) in [6, 6.07) is 18.9. The summed E-state index contributed by atoms with van der Waals surface area (Å²) in [5.41, 5.74) is 3.40. The quantitative estimate of drug-likeness (QED) is 0.782. The number of rotatable bonds is 5. The number of carboxylic acids is 1. The number of hydrogen-bond acceptors (Lipinski definition) is 5. The van der Waals surface area contributed by atoms with Crippen LogP contribution in [0.5, 0.6) is 0 Å². The van der Waals surface area contributed by atoms with Gasteiger partial charge in [0.15, 0.2) is 0 Å². The SMILES string of the molecule is Cc1nc(Nc2ccc(CC(=O)[O-])cc2)cc(-c2ccccc2)n1. The highest BCUT2D eigenvalue weighted by Crippen LogP contribution is 2.22. The van der Waals surface area contributed by atoms with Crippen LogP contribution in [0.25, 0.3) is 11.3 Å². The summed E-state index contributed by atoms with van der Waals surface area (Å²) in [6.45, 7) is 1.85. The van der Waals surface area contributed by atoms with Crippen LogP contribution in [0.15, 0.2) is 60.7 Å². The molecule has 0 saturated carbocycles. The van der Waals surface area contributed by atoms with Gasteiger partial charge in [-0.15, -0.1) is 0 Å². The highest BCUT2D eigenvalue weighted by Gasteiger charge is 2.05. The molecule has 0 saturated heterocycles. The van der Waals surface area contributed by atoms with E-state index < -0.39 is 5.97 Å². The van der Waals surface area contributed by atoms with Crippen molar-refractivity contribution >= 4 is 17.5 Å². The van der Waals surface area contributed by atoms with Crippen LogP contribution in [0, 0.1) is 6.92 Å². The zero-order chi connectivity index (χ0) is 16.9. The fraction of sp³-hybridized carbons (Fsp3) is 0.105. The van der Waals surface area contributed by atoms with Gasteiger partial charge < -0.3 is 15.2 Å². The van der Waals surface area contributed by atoms with Crippen LogP contribution in [0.3, 0.4) is 0 Å². The molecule has 2 aromatic carbocycles. The van der Waals surface area contributed by atoms with Gasteiger partial charge in [-0.1, -0.05) is 42.5 Å². The molecule has 0 fully saturated rings. The van der Waals surface area contributed by atoms with E-state index in [0.29, 0.717) is 17.2 Å². The van der Waals surface area contributed by atoms with Crippen molar-refractivity contribution in [3.63, 3.8) is 0 Å². The molecule has 1 N–H and O–H groups in total. The van der Waals surface area contributed by atoms with Gasteiger partial charge >= 0.3 is 0 Å². The summed E-state index contributed by atoms with van der Waals surface area (Å²) < 4.78 is 0. The summed E-state index contributed by atoms with van der Waals surface area (Å²) in [5.74, 6) is 0.274. The number of carboxylic acid groups (broad SMARTS) is 1. The molecule has 120 valence electrons. The van der Waals surface area contributed by atoms with Gasteiger partial charge in [-0.05, 0) is 24.6 Å². The normalized spacial score (nSPS) is 10.4. The third-order valence-electron chi connectivity index (χ3n) is 3.48. The van der Waals surface area contributed by atoms with E-state index in [2.05, 4.69) is 15.3 Å². The Bertz CT molecular complexity index is 846. The monoisotopic (exact) mass is 318 g/mol. The maximum Gasteiger partial charge on any atom is 0.134 e. The molecule has 0 aliphatic rings. The minimum Gasteiger partial charge on any atom is -0.550 e. The van der Waals surface area contributed by atoms with E-state index in [4.69, 9.17) is 0 Å². The standard InChI is InChI=1S/C19H17N3O2/c1-13-20-17(15-5-3-2-4-6-15)12-18(21-13)22-16-9-7-14(8-10-16)11-19(23)24/h2-10,12H,11H2,1H3,(H,23,24)(H,20,21,22)/p-1. The van der Waals surface area contributed by atoms with Crippen LogP contribution < -0.4 is 10.4 Å². The van der Waals surface area contributed by atoms with Crippen molar-refractivity contribution in [3.8, 4) is 11.3 Å². The Labute approximate surface area is 140 Å². The average molecular weight is 318 g/mol. The Hall–Kier alpha value is -3.21. The molecule has 1 heterocycles. The molecule has 24 heavy (non-hydrogen) atoms. The van der Waals surface area contributed by atoms with Crippen LogP contribution in [0.1, 0.15) is 11.4 Å². The first kappa shape index (κ1) is 15.7. The lowest BCUT2D eigenvalue weighted by atomic mass is 10.1. The molecule has 0 aliphatic carbocycles. The van der Waals surface area contributed by atoms with E-state index in [1.165, 1.54) is 0 Å². The van der Waals surface area contributed by atoms with E-state index in [1.807, 2.05) is 55.5 Å². The van der Waals surface area contributed by atoms with Gasteiger partial charge in [-0.3, -0.25) is 0 Å². The summed E-state index contributed by atoms with van der Waals surface area (Å²) >= 11 is 0. The van der Waals surface area contributed by atoms with Crippen LogP contribution in [-0.2, 0) is 11.2 Å². The number of aliphatic carboxylic acids is 1. The number of benzene rings is 2. The lowest BCUT2D eigenvalue weighted by molar-refractivity contribution is -0.304. The van der Waals surface area contributed by atoms with Gasteiger partial charge in [0.2, 0.25) is 0 Å². The van der Waals surface area contributed by atoms with Crippen molar-refractivity contribution in [2.24, 2.45) is 0 Å². The number of carbonyl (C=O) groups excluding carboxylic acids is 1. The van der Waals surface area contributed by atoms with Gasteiger partial charge in [0.25, 0.3) is 0 Å². The minimum absolute atomic E-state index is 0.0922. The molecule has 0 radical (unpaired) electrons. The first-order chi connectivity index (χ1) is 11.6. The number of aromatic nitrogens is 2. The minimum atomic E-state index is -1.09. The number of nitrogens with one attached hydrogen (secondary N) is 1. The fourth-order valence-corrected chi connectivity index (χ4v) is 2.41. The number of nitrogens with zero attached hydrogens (tertiary/aromatic N) is 2. The first-order valence-corrected chi connectivity index (χ1v) is 7.57. The second-order valence-corrected chi connectivity index (χ2v) is 5.42. The van der Waals surface area contributed by atoms with Gasteiger partial charge in [0.05, 0.1) is 5.69 Å². The van der Waals surface area contributed by atoms with E-state index >= 15 is 0 Å². The Morgan fingerprint density at radius 2 is 1.75 bits per heavy atom. The van der Waals surface area contributed by atoms with Crippen molar-refractivity contribution < 1.29 is 9.90 Å². The lowest BCUT2D eigenvalue weighted by Gasteiger charge is -2.10. The van der Waals surface area contributed by atoms with E-state index in [1.54, 1.807) is 12.1 Å². The summed E-state index contributed by atoms with van der Waals surface area (Å²) in [6.07, 6.45) is -0.0922. The highest BCUT2D eigenvalue weighted by molar-refractivity contribution is 5.69.